The summed E-state index contributed by atoms with van der Waals surface area (Å²) in [7, 11) is 0. The second-order valence-corrected chi connectivity index (χ2v) is 10.1. The van der Waals surface area contributed by atoms with Crippen LogP contribution in [0.5, 0.6) is 5.75 Å². The molecule has 1 aromatic heterocycles. The molecule has 2 N–H and O–H groups in total. The van der Waals surface area contributed by atoms with Gasteiger partial charge in [-0.15, -0.1) is 0 Å². The summed E-state index contributed by atoms with van der Waals surface area (Å²) >= 11 is 9.52. The molecule has 0 unspecified atom stereocenters. The van der Waals surface area contributed by atoms with Gasteiger partial charge in [-0.2, -0.15) is 20.1 Å². The molecule has 0 saturated carbocycles. The van der Waals surface area contributed by atoms with Gasteiger partial charge in [0.2, 0.25) is 17.8 Å². The Hall–Kier alpha value is -3.69. The van der Waals surface area contributed by atoms with E-state index in [0.717, 1.165) is 47.2 Å². The molecule has 0 aliphatic carbocycles. The van der Waals surface area contributed by atoms with Crippen molar-refractivity contribution in [1.29, 1.82) is 0 Å². The van der Waals surface area contributed by atoms with Gasteiger partial charge in [-0.25, -0.2) is 5.43 Å². The summed E-state index contributed by atoms with van der Waals surface area (Å²) < 4.78 is 6.98. The smallest absolute Gasteiger partial charge is 0.250 e. The highest BCUT2D eigenvalue weighted by molar-refractivity contribution is 9.10. The third kappa shape index (κ3) is 7.20. The fourth-order valence-electron chi connectivity index (χ4n) is 4.01. The summed E-state index contributed by atoms with van der Waals surface area (Å²) in [6.45, 7) is 2.25. The fraction of sp³-hybridized carbons (Fsp3) is 0.214. The van der Waals surface area contributed by atoms with E-state index in [1.807, 2.05) is 72.8 Å². The molecule has 0 radical (unpaired) electrons. The number of aromatic nitrogens is 3. The number of hydrogen-bond donors (Lipinski definition) is 2. The molecule has 1 saturated heterocycles. The van der Waals surface area contributed by atoms with Gasteiger partial charge in [0.05, 0.1) is 6.21 Å². The molecule has 4 aromatic rings. The summed E-state index contributed by atoms with van der Waals surface area (Å²) in [5.74, 6) is 2.14. The number of nitrogens with zero attached hydrogens (tertiary/aromatic N) is 5. The maximum atomic E-state index is 6.06. The summed E-state index contributed by atoms with van der Waals surface area (Å²) in [6, 6.07) is 23.2. The Morgan fingerprint density at radius 3 is 2.47 bits per heavy atom. The molecule has 0 spiro atoms. The van der Waals surface area contributed by atoms with Crippen LogP contribution in [-0.2, 0) is 6.61 Å². The Kier molecular flexibility index (Phi) is 8.67. The van der Waals surface area contributed by atoms with E-state index in [1.165, 1.54) is 6.42 Å². The van der Waals surface area contributed by atoms with E-state index in [0.29, 0.717) is 35.2 Å². The monoisotopic (exact) mass is 591 g/mol. The zero-order chi connectivity index (χ0) is 26.2. The molecule has 10 heteroatoms. The Labute approximate surface area is 235 Å². The third-order valence-corrected chi connectivity index (χ3v) is 6.69. The van der Waals surface area contributed by atoms with Crippen LogP contribution in [0.3, 0.4) is 0 Å². The fourth-order valence-corrected chi connectivity index (χ4v) is 4.51. The molecule has 1 fully saturated rings. The van der Waals surface area contributed by atoms with Gasteiger partial charge < -0.3 is 15.0 Å². The maximum Gasteiger partial charge on any atom is 0.250 e. The molecule has 1 aliphatic rings. The molecular weight excluding hydrogens is 566 g/mol. The average Bonchev–Trinajstić information content (AvgIpc) is 2.94. The lowest BCUT2D eigenvalue weighted by atomic mass is 10.1. The van der Waals surface area contributed by atoms with E-state index in [4.69, 9.17) is 16.3 Å². The summed E-state index contributed by atoms with van der Waals surface area (Å²) in [5, 5.41) is 8.39. The minimum Gasteiger partial charge on any atom is -0.488 e. The van der Waals surface area contributed by atoms with Gasteiger partial charge in [0, 0.05) is 33.8 Å². The number of nitrogens with one attached hydrogen (secondary N) is 2. The zero-order valence-corrected chi connectivity index (χ0v) is 23.0. The minimum absolute atomic E-state index is 0.355. The first-order chi connectivity index (χ1) is 18.6. The SMILES string of the molecule is Clc1ccc(COc2ccc(Br)cc2/C=N\Nc2nc(Nc3ccccc3)nc(N3CCCCC3)n2)cc1. The van der Waals surface area contributed by atoms with Gasteiger partial charge in [0.15, 0.2) is 0 Å². The van der Waals surface area contributed by atoms with Gasteiger partial charge in [-0.1, -0.05) is 57.9 Å². The van der Waals surface area contributed by atoms with E-state index in [-0.39, 0.29) is 0 Å². The molecule has 194 valence electrons. The van der Waals surface area contributed by atoms with E-state index in [1.54, 1.807) is 6.21 Å². The van der Waals surface area contributed by atoms with Crippen molar-refractivity contribution in [3.8, 4) is 5.75 Å². The van der Waals surface area contributed by atoms with Crippen LogP contribution in [0.1, 0.15) is 30.4 Å². The normalized spacial score (nSPS) is 13.5. The number of hydrazone groups is 1. The van der Waals surface area contributed by atoms with E-state index in [2.05, 4.69) is 51.6 Å². The van der Waals surface area contributed by atoms with Gasteiger partial charge in [-0.05, 0) is 67.3 Å². The van der Waals surface area contributed by atoms with Crippen LogP contribution < -0.4 is 20.4 Å². The van der Waals surface area contributed by atoms with Gasteiger partial charge >= 0.3 is 0 Å². The summed E-state index contributed by atoms with van der Waals surface area (Å²) in [4.78, 5) is 16.0. The quantitative estimate of drug-likeness (QED) is 0.159. The number of rotatable bonds is 9. The van der Waals surface area contributed by atoms with E-state index < -0.39 is 0 Å². The predicted octanol–water partition coefficient (Wildman–Crippen LogP) is 7.05. The number of anilines is 4. The standard InChI is InChI=1S/C28H27BrClN7O/c29-22-11-14-25(38-19-20-9-12-23(30)13-10-20)21(17-22)18-31-36-27-33-26(32-24-7-3-1-4-8-24)34-28(35-27)37-15-5-2-6-16-37/h1,3-4,7-14,17-18H,2,5-6,15-16,19H2,(H2,32,33,34,35,36)/b31-18-. The lowest BCUT2D eigenvalue weighted by Gasteiger charge is -2.26. The van der Waals surface area contributed by atoms with Gasteiger partial charge in [0.1, 0.15) is 12.4 Å². The molecule has 8 nitrogen and oxygen atoms in total. The predicted molar refractivity (Wildman–Crippen MR) is 157 cm³/mol. The largest absolute Gasteiger partial charge is 0.488 e. The first-order valence-electron chi connectivity index (χ1n) is 12.4. The zero-order valence-electron chi connectivity index (χ0n) is 20.6. The molecule has 0 bridgehead atoms. The van der Waals surface area contributed by atoms with Crippen molar-refractivity contribution in [2.45, 2.75) is 25.9 Å². The van der Waals surface area contributed by atoms with Crippen LogP contribution in [0.25, 0.3) is 0 Å². The van der Waals surface area contributed by atoms with Crippen LogP contribution in [0.2, 0.25) is 5.02 Å². The number of benzene rings is 3. The van der Waals surface area contributed by atoms with Crippen LogP contribution >= 0.6 is 27.5 Å². The first kappa shape index (κ1) is 25.9. The van der Waals surface area contributed by atoms with Crippen molar-refractivity contribution >= 4 is 57.3 Å². The molecule has 38 heavy (non-hydrogen) atoms. The Morgan fingerprint density at radius 1 is 0.921 bits per heavy atom. The number of hydrogen-bond acceptors (Lipinski definition) is 8. The molecule has 2 heterocycles. The van der Waals surface area contributed by atoms with Crippen molar-refractivity contribution in [2.75, 3.05) is 28.7 Å². The molecule has 5 rings (SSSR count). The third-order valence-electron chi connectivity index (χ3n) is 5.94. The highest BCUT2D eigenvalue weighted by atomic mass is 79.9. The Morgan fingerprint density at radius 2 is 1.68 bits per heavy atom. The topological polar surface area (TPSA) is 87.6 Å². The van der Waals surface area contributed by atoms with Crippen LogP contribution in [0.15, 0.2) is 82.4 Å². The van der Waals surface area contributed by atoms with Crippen molar-refractivity contribution in [2.24, 2.45) is 5.10 Å². The van der Waals surface area contributed by atoms with Crippen LogP contribution in [-0.4, -0.2) is 34.3 Å². The molecule has 0 atom stereocenters. The van der Waals surface area contributed by atoms with Crippen LogP contribution in [0.4, 0.5) is 23.5 Å². The highest BCUT2D eigenvalue weighted by Crippen LogP contribution is 2.24. The second-order valence-electron chi connectivity index (χ2n) is 8.79. The molecule has 0 amide bonds. The molecular formula is C28H27BrClN7O. The average molecular weight is 593 g/mol. The van der Waals surface area contributed by atoms with Crippen molar-refractivity contribution in [3.05, 3.63) is 93.4 Å². The van der Waals surface area contributed by atoms with Gasteiger partial charge in [0.25, 0.3) is 0 Å². The second kappa shape index (κ2) is 12.7. The van der Waals surface area contributed by atoms with Crippen molar-refractivity contribution in [3.63, 3.8) is 0 Å². The number of piperidine rings is 1. The van der Waals surface area contributed by atoms with Crippen molar-refractivity contribution in [1.82, 2.24) is 15.0 Å². The lowest BCUT2D eigenvalue weighted by molar-refractivity contribution is 0.306. The minimum atomic E-state index is 0.355. The maximum absolute atomic E-state index is 6.06. The number of para-hydroxylation sites is 1. The van der Waals surface area contributed by atoms with Crippen LogP contribution in [0, 0.1) is 0 Å². The summed E-state index contributed by atoms with van der Waals surface area (Å²) in [5.41, 5.74) is 5.70. The Bertz CT molecular complexity index is 1380. The number of halogens is 2. The summed E-state index contributed by atoms with van der Waals surface area (Å²) in [6.07, 6.45) is 5.16. The Balaban J connectivity index is 1.34. The van der Waals surface area contributed by atoms with Gasteiger partial charge in [-0.3, -0.25) is 0 Å². The molecule has 3 aromatic carbocycles. The lowest BCUT2D eigenvalue weighted by Crippen LogP contribution is -2.31. The van der Waals surface area contributed by atoms with Crippen molar-refractivity contribution < 1.29 is 4.74 Å². The van der Waals surface area contributed by atoms with E-state index in [9.17, 15) is 0 Å². The number of ether oxygens (including phenoxy) is 1. The van der Waals surface area contributed by atoms with E-state index >= 15 is 0 Å². The first-order valence-corrected chi connectivity index (χ1v) is 13.6. The molecule has 1 aliphatic heterocycles. The highest BCUT2D eigenvalue weighted by Gasteiger charge is 2.16.